The molecular weight excluding hydrogens is 364 g/mol. The summed E-state index contributed by atoms with van der Waals surface area (Å²) in [4.78, 5) is 22.5. The number of carbonyl (C=O) groups excluding carboxylic acids is 2. The molecule has 0 radical (unpaired) electrons. The first-order chi connectivity index (χ1) is 10.5. The van der Waals surface area contributed by atoms with Crippen molar-refractivity contribution in [3.05, 3.63) is 29.3 Å². The van der Waals surface area contributed by atoms with Crippen molar-refractivity contribution in [3.8, 4) is 0 Å². The molecule has 0 fully saturated rings. The Hall–Kier alpha value is -1.29. The van der Waals surface area contributed by atoms with Crippen LogP contribution in [0.15, 0.2) is 32.9 Å². The average molecular weight is 375 g/mol. The van der Waals surface area contributed by atoms with E-state index < -0.39 is 5.91 Å². The lowest BCUT2D eigenvalue weighted by molar-refractivity contribution is -0.115. The zero-order valence-corrected chi connectivity index (χ0v) is 14.3. The fourth-order valence-corrected chi connectivity index (χ4v) is 4.09. The molecule has 2 rings (SSSR count). The number of carbonyl (C=O) groups is 2. The predicted molar refractivity (Wildman–Crippen MR) is 90.6 cm³/mol. The van der Waals surface area contributed by atoms with Gasteiger partial charge >= 0.3 is 0 Å². The molecule has 1 aromatic heterocycles. The van der Waals surface area contributed by atoms with Crippen molar-refractivity contribution >= 4 is 64.0 Å². The lowest BCUT2D eigenvalue weighted by atomic mass is 10.3. The van der Waals surface area contributed by atoms with Crippen LogP contribution >= 0.6 is 46.5 Å². The quantitative estimate of drug-likeness (QED) is 0.722. The molecular formula is C12H11ClN4O2S3. The molecule has 0 saturated carbocycles. The van der Waals surface area contributed by atoms with E-state index >= 15 is 0 Å². The number of hydrogen-bond acceptors (Lipinski definition) is 7. The molecule has 0 bridgehead atoms. The average Bonchev–Trinajstić information content (AvgIpc) is 2.91. The Bertz CT molecular complexity index is 680. The molecule has 0 atom stereocenters. The topological polar surface area (TPSA) is 98.0 Å². The van der Waals surface area contributed by atoms with Crippen LogP contribution in [0, 0.1) is 0 Å². The third-order valence-corrected chi connectivity index (χ3v) is 5.61. The van der Waals surface area contributed by atoms with Crippen LogP contribution in [-0.4, -0.2) is 33.5 Å². The van der Waals surface area contributed by atoms with E-state index in [1.54, 1.807) is 24.3 Å². The van der Waals surface area contributed by atoms with Crippen molar-refractivity contribution in [1.29, 1.82) is 0 Å². The van der Waals surface area contributed by atoms with E-state index in [-0.39, 0.29) is 17.4 Å². The molecule has 116 valence electrons. The molecule has 2 amide bonds. The number of nitrogens with one attached hydrogen (secondary N) is 1. The maximum absolute atomic E-state index is 11.8. The molecule has 2 aromatic rings. The fourth-order valence-electron chi connectivity index (χ4n) is 1.34. The van der Waals surface area contributed by atoms with Crippen LogP contribution < -0.4 is 11.1 Å². The second kappa shape index (κ2) is 8.37. The van der Waals surface area contributed by atoms with Gasteiger partial charge in [-0.1, -0.05) is 52.5 Å². The van der Waals surface area contributed by atoms with E-state index in [2.05, 4.69) is 15.5 Å². The Morgan fingerprint density at radius 2 is 1.91 bits per heavy atom. The van der Waals surface area contributed by atoms with Gasteiger partial charge in [-0.3, -0.25) is 9.59 Å². The first-order valence-electron chi connectivity index (χ1n) is 5.96. The summed E-state index contributed by atoms with van der Waals surface area (Å²) in [5.41, 5.74) is 5.70. The van der Waals surface area contributed by atoms with Gasteiger partial charge in [-0.25, -0.2) is 0 Å². The number of anilines is 1. The Morgan fingerprint density at radius 1 is 1.23 bits per heavy atom. The van der Waals surface area contributed by atoms with E-state index in [4.69, 9.17) is 17.3 Å². The molecule has 0 unspecified atom stereocenters. The van der Waals surface area contributed by atoms with Crippen molar-refractivity contribution in [3.63, 3.8) is 0 Å². The minimum atomic E-state index is -0.407. The number of nitrogens with zero attached hydrogens (tertiary/aromatic N) is 2. The van der Waals surface area contributed by atoms with Crippen molar-refractivity contribution in [2.45, 2.75) is 8.68 Å². The van der Waals surface area contributed by atoms with Crippen LogP contribution in [0.1, 0.15) is 0 Å². The van der Waals surface area contributed by atoms with E-state index in [1.165, 1.54) is 34.9 Å². The second-order valence-corrected chi connectivity index (χ2v) is 7.79. The zero-order valence-electron chi connectivity index (χ0n) is 11.1. The molecule has 0 aliphatic carbocycles. The number of rotatable bonds is 7. The number of benzene rings is 1. The van der Waals surface area contributed by atoms with E-state index in [1.807, 2.05) is 0 Å². The lowest BCUT2D eigenvalue weighted by Gasteiger charge is -2.04. The molecule has 22 heavy (non-hydrogen) atoms. The highest BCUT2D eigenvalue weighted by Gasteiger charge is 2.09. The van der Waals surface area contributed by atoms with Gasteiger partial charge in [-0.15, -0.1) is 10.2 Å². The molecule has 0 saturated heterocycles. The van der Waals surface area contributed by atoms with E-state index in [0.717, 1.165) is 0 Å². The molecule has 0 aliphatic heterocycles. The number of halogens is 1. The fraction of sp³-hybridized carbons (Fsp3) is 0.167. The number of thioether (sulfide) groups is 2. The molecule has 3 N–H and O–H groups in total. The first kappa shape index (κ1) is 17.1. The molecule has 0 spiro atoms. The Balaban J connectivity index is 1.80. The SMILES string of the molecule is NC(=O)CSc1nnc(SCC(=O)Nc2cccc(Cl)c2)s1. The summed E-state index contributed by atoms with van der Waals surface area (Å²) in [5, 5.41) is 11.2. The predicted octanol–water partition coefficient (Wildman–Crippen LogP) is 2.50. The Labute approximate surface area is 144 Å². The molecule has 10 heteroatoms. The van der Waals surface area contributed by atoms with Gasteiger partial charge < -0.3 is 11.1 Å². The smallest absolute Gasteiger partial charge is 0.234 e. The third kappa shape index (κ3) is 5.84. The van der Waals surface area contributed by atoms with Gasteiger partial charge in [-0.2, -0.15) is 0 Å². The van der Waals surface area contributed by atoms with Gasteiger partial charge in [0.25, 0.3) is 0 Å². The number of nitrogens with two attached hydrogens (primary N) is 1. The van der Waals surface area contributed by atoms with Crippen LogP contribution in [0.25, 0.3) is 0 Å². The monoisotopic (exact) mass is 374 g/mol. The minimum absolute atomic E-state index is 0.159. The van der Waals surface area contributed by atoms with Crippen molar-refractivity contribution in [2.24, 2.45) is 5.73 Å². The van der Waals surface area contributed by atoms with Crippen molar-refractivity contribution < 1.29 is 9.59 Å². The van der Waals surface area contributed by atoms with Crippen LogP contribution in [0.2, 0.25) is 5.02 Å². The molecule has 1 aromatic carbocycles. The molecule has 6 nitrogen and oxygen atoms in total. The molecule has 1 heterocycles. The van der Waals surface area contributed by atoms with Gasteiger partial charge in [-0.05, 0) is 18.2 Å². The van der Waals surface area contributed by atoms with E-state index in [9.17, 15) is 9.59 Å². The van der Waals surface area contributed by atoms with Crippen LogP contribution in [0.3, 0.4) is 0 Å². The van der Waals surface area contributed by atoms with Crippen LogP contribution in [0.5, 0.6) is 0 Å². The van der Waals surface area contributed by atoms with Gasteiger partial charge in [0.05, 0.1) is 11.5 Å². The highest BCUT2D eigenvalue weighted by atomic mass is 35.5. The number of amides is 2. The zero-order chi connectivity index (χ0) is 15.9. The minimum Gasteiger partial charge on any atom is -0.369 e. The highest BCUT2D eigenvalue weighted by Crippen LogP contribution is 2.28. The van der Waals surface area contributed by atoms with Crippen LogP contribution in [-0.2, 0) is 9.59 Å². The number of aromatic nitrogens is 2. The summed E-state index contributed by atoms with van der Waals surface area (Å²) < 4.78 is 1.31. The van der Waals surface area contributed by atoms with Crippen LogP contribution in [0.4, 0.5) is 5.69 Å². The summed E-state index contributed by atoms with van der Waals surface area (Å²) in [6.45, 7) is 0. The Kier molecular flexibility index (Phi) is 6.49. The summed E-state index contributed by atoms with van der Waals surface area (Å²) >= 11 is 9.68. The number of primary amides is 1. The Morgan fingerprint density at radius 3 is 2.55 bits per heavy atom. The summed E-state index contributed by atoms with van der Waals surface area (Å²) in [6.07, 6.45) is 0. The highest BCUT2D eigenvalue weighted by molar-refractivity contribution is 8.03. The standard InChI is InChI=1S/C12H11ClN4O2S3/c13-7-2-1-3-8(4-7)15-10(19)6-21-12-17-16-11(22-12)20-5-9(14)18/h1-4H,5-6H2,(H2,14,18)(H,15,19). The lowest BCUT2D eigenvalue weighted by Crippen LogP contribution is -2.13. The largest absolute Gasteiger partial charge is 0.369 e. The summed E-state index contributed by atoms with van der Waals surface area (Å²) in [5.74, 6) is -0.194. The summed E-state index contributed by atoms with van der Waals surface area (Å²) in [7, 11) is 0. The number of hydrogen-bond donors (Lipinski definition) is 2. The van der Waals surface area contributed by atoms with Gasteiger partial charge in [0.2, 0.25) is 11.8 Å². The maximum Gasteiger partial charge on any atom is 0.234 e. The second-order valence-electron chi connectivity index (χ2n) is 3.94. The van der Waals surface area contributed by atoms with Gasteiger partial charge in [0.1, 0.15) is 0 Å². The van der Waals surface area contributed by atoms with Crippen molar-refractivity contribution in [2.75, 3.05) is 16.8 Å². The third-order valence-electron chi connectivity index (χ3n) is 2.16. The first-order valence-corrected chi connectivity index (χ1v) is 9.12. The normalized spacial score (nSPS) is 10.4. The maximum atomic E-state index is 11.8. The van der Waals surface area contributed by atoms with Crippen molar-refractivity contribution in [1.82, 2.24) is 10.2 Å². The van der Waals surface area contributed by atoms with Gasteiger partial charge in [0, 0.05) is 10.7 Å². The molecule has 0 aliphatic rings. The summed E-state index contributed by atoms with van der Waals surface area (Å²) in [6, 6.07) is 6.93. The van der Waals surface area contributed by atoms with E-state index in [0.29, 0.717) is 19.4 Å². The van der Waals surface area contributed by atoms with Gasteiger partial charge in [0.15, 0.2) is 8.68 Å².